The van der Waals surface area contributed by atoms with Crippen LogP contribution in [0.2, 0.25) is 5.02 Å². The second-order valence-corrected chi connectivity index (χ2v) is 6.98. The van der Waals surface area contributed by atoms with Gasteiger partial charge in [-0.05, 0) is 37.4 Å². The molecule has 0 aromatic heterocycles. The van der Waals surface area contributed by atoms with Crippen LogP contribution in [0.5, 0.6) is 17.2 Å². The summed E-state index contributed by atoms with van der Waals surface area (Å²) in [4.78, 5) is 26.1. The Balaban J connectivity index is 2.14. The summed E-state index contributed by atoms with van der Waals surface area (Å²) in [6.07, 6.45) is 0. The van der Waals surface area contributed by atoms with Crippen LogP contribution < -0.4 is 25.3 Å². The lowest BCUT2D eigenvalue weighted by Gasteiger charge is -2.19. The summed E-state index contributed by atoms with van der Waals surface area (Å²) in [6, 6.07) is 10.1. The van der Waals surface area contributed by atoms with Crippen molar-refractivity contribution in [3.05, 3.63) is 47.0 Å². The Labute approximate surface area is 187 Å². The SMILES string of the molecule is CCN(CC)CCOc1ccccc1NC(=O)c1cc(Cl)c(OCC(N)=O)c(OC)c1. The number of carbonyl (C=O) groups excluding carboxylic acids is 2. The van der Waals surface area contributed by atoms with Crippen LogP contribution in [0.1, 0.15) is 24.2 Å². The van der Waals surface area contributed by atoms with E-state index in [1.165, 1.54) is 19.2 Å². The van der Waals surface area contributed by atoms with Crippen molar-refractivity contribution in [1.29, 1.82) is 0 Å². The number of benzene rings is 2. The molecule has 0 aliphatic heterocycles. The van der Waals surface area contributed by atoms with Gasteiger partial charge in [0.25, 0.3) is 11.8 Å². The number of halogens is 1. The van der Waals surface area contributed by atoms with Gasteiger partial charge in [0.15, 0.2) is 18.1 Å². The van der Waals surface area contributed by atoms with Crippen LogP contribution in [0.25, 0.3) is 0 Å². The minimum Gasteiger partial charge on any atom is -0.493 e. The number of likely N-dealkylation sites (N-methyl/N-ethyl adjacent to an activating group) is 1. The van der Waals surface area contributed by atoms with E-state index in [4.69, 9.17) is 31.5 Å². The molecule has 2 amide bonds. The Bertz CT molecular complexity index is 903. The van der Waals surface area contributed by atoms with Crippen LogP contribution >= 0.6 is 11.6 Å². The van der Waals surface area contributed by atoms with E-state index in [9.17, 15) is 9.59 Å². The first-order chi connectivity index (χ1) is 14.9. The van der Waals surface area contributed by atoms with Crippen molar-refractivity contribution in [3.8, 4) is 17.2 Å². The number of methoxy groups -OCH3 is 1. The number of para-hydroxylation sites is 2. The second-order valence-electron chi connectivity index (χ2n) is 6.57. The number of amides is 2. The molecule has 2 rings (SSSR count). The summed E-state index contributed by atoms with van der Waals surface area (Å²) in [5, 5.41) is 2.95. The fraction of sp³-hybridized carbons (Fsp3) is 0.364. The van der Waals surface area contributed by atoms with E-state index in [1.807, 2.05) is 6.07 Å². The molecule has 0 atom stereocenters. The zero-order chi connectivity index (χ0) is 22.8. The highest BCUT2D eigenvalue weighted by Crippen LogP contribution is 2.37. The van der Waals surface area contributed by atoms with E-state index in [-0.39, 0.29) is 28.7 Å². The second kappa shape index (κ2) is 12.0. The average Bonchev–Trinajstić information content (AvgIpc) is 2.76. The van der Waals surface area contributed by atoms with E-state index < -0.39 is 11.8 Å². The molecule has 31 heavy (non-hydrogen) atoms. The average molecular weight is 450 g/mol. The third-order valence-corrected chi connectivity index (χ3v) is 4.83. The van der Waals surface area contributed by atoms with Gasteiger partial charge < -0.3 is 30.2 Å². The molecule has 168 valence electrons. The Kier molecular flexibility index (Phi) is 9.42. The predicted molar refractivity (Wildman–Crippen MR) is 120 cm³/mol. The molecule has 0 saturated carbocycles. The van der Waals surface area contributed by atoms with Gasteiger partial charge in [0, 0.05) is 12.1 Å². The molecule has 2 aromatic rings. The number of ether oxygens (including phenoxy) is 3. The van der Waals surface area contributed by atoms with Crippen molar-refractivity contribution < 1.29 is 23.8 Å². The molecule has 0 aliphatic rings. The third-order valence-electron chi connectivity index (χ3n) is 4.55. The molecule has 2 aromatic carbocycles. The lowest BCUT2D eigenvalue weighted by Crippen LogP contribution is -2.28. The summed E-state index contributed by atoms with van der Waals surface area (Å²) >= 11 is 6.23. The lowest BCUT2D eigenvalue weighted by atomic mass is 10.1. The largest absolute Gasteiger partial charge is 0.493 e. The summed E-state index contributed by atoms with van der Waals surface area (Å²) in [5.74, 6) is -0.135. The fourth-order valence-corrected chi connectivity index (χ4v) is 3.11. The highest BCUT2D eigenvalue weighted by atomic mass is 35.5. The van der Waals surface area contributed by atoms with Gasteiger partial charge in [-0.1, -0.05) is 37.6 Å². The maximum Gasteiger partial charge on any atom is 0.255 e. The van der Waals surface area contributed by atoms with Gasteiger partial charge in [0.2, 0.25) is 0 Å². The van der Waals surface area contributed by atoms with Crippen LogP contribution in [-0.2, 0) is 4.79 Å². The van der Waals surface area contributed by atoms with E-state index in [1.54, 1.807) is 18.2 Å². The minimum absolute atomic E-state index is 0.120. The van der Waals surface area contributed by atoms with Gasteiger partial charge in [-0.3, -0.25) is 9.59 Å². The zero-order valence-electron chi connectivity index (χ0n) is 17.9. The summed E-state index contributed by atoms with van der Waals surface area (Å²) in [5.41, 5.74) is 5.89. The molecule has 0 bridgehead atoms. The molecule has 0 radical (unpaired) electrons. The smallest absolute Gasteiger partial charge is 0.255 e. The van der Waals surface area contributed by atoms with Crippen LogP contribution in [0.3, 0.4) is 0 Å². The maximum absolute atomic E-state index is 12.8. The fourth-order valence-electron chi connectivity index (χ4n) is 2.85. The summed E-state index contributed by atoms with van der Waals surface area (Å²) in [6.45, 7) is 7.01. The normalized spacial score (nSPS) is 10.6. The Morgan fingerprint density at radius 1 is 1.10 bits per heavy atom. The Morgan fingerprint density at radius 3 is 2.45 bits per heavy atom. The van der Waals surface area contributed by atoms with Crippen molar-refractivity contribution in [2.24, 2.45) is 5.73 Å². The van der Waals surface area contributed by atoms with Crippen LogP contribution in [0, 0.1) is 0 Å². The summed E-state index contributed by atoms with van der Waals surface area (Å²) in [7, 11) is 1.41. The van der Waals surface area contributed by atoms with Gasteiger partial charge in [-0.25, -0.2) is 0 Å². The quantitative estimate of drug-likeness (QED) is 0.515. The zero-order valence-corrected chi connectivity index (χ0v) is 18.7. The molecule has 0 fully saturated rings. The van der Waals surface area contributed by atoms with E-state index in [0.717, 1.165) is 19.6 Å². The first kappa shape index (κ1) is 24.3. The first-order valence-electron chi connectivity index (χ1n) is 9.93. The van der Waals surface area contributed by atoms with Gasteiger partial charge >= 0.3 is 0 Å². The first-order valence-corrected chi connectivity index (χ1v) is 10.3. The summed E-state index contributed by atoms with van der Waals surface area (Å²) < 4.78 is 16.4. The van der Waals surface area contributed by atoms with E-state index in [2.05, 4.69) is 24.1 Å². The molecule has 0 spiro atoms. The van der Waals surface area contributed by atoms with Crippen molar-refractivity contribution in [3.63, 3.8) is 0 Å². The number of hydrogen-bond donors (Lipinski definition) is 2. The van der Waals surface area contributed by atoms with E-state index in [0.29, 0.717) is 18.0 Å². The molecule has 0 heterocycles. The van der Waals surface area contributed by atoms with Crippen molar-refractivity contribution in [2.45, 2.75) is 13.8 Å². The topological polar surface area (TPSA) is 103 Å². The predicted octanol–water partition coefficient (Wildman–Crippen LogP) is 3.19. The van der Waals surface area contributed by atoms with Crippen molar-refractivity contribution in [1.82, 2.24) is 4.90 Å². The number of carbonyl (C=O) groups is 2. The lowest BCUT2D eigenvalue weighted by molar-refractivity contribution is -0.119. The maximum atomic E-state index is 12.8. The van der Waals surface area contributed by atoms with Gasteiger partial charge in [-0.15, -0.1) is 0 Å². The number of nitrogens with one attached hydrogen (secondary N) is 1. The minimum atomic E-state index is -0.655. The Hall–Kier alpha value is -2.97. The molecule has 3 N–H and O–H groups in total. The molecule has 8 nitrogen and oxygen atoms in total. The highest BCUT2D eigenvalue weighted by Gasteiger charge is 2.18. The number of anilines is 1. The number of hydrogen-bond acceptors (Lipinski definition) is 6. The van der Waals surface area contributed by atoms with Crippen LogP contribution in [0.4, 0.5) is 5.69 Å². The molecule has 0 aliphatic carbocycles. The third kappa shape index (κ3) is 7.04. The van der Waals surface area contributed by atoms with Crippen LogP contribution in [0.15, 0.2) is 36.4 Å². The molecule has 0 unspecified atom stereocenters. The monoisotopic (exact) mass is 449 g/mol. The standard InChI is InChI=1S/C22H28ClN3O5/c1-4-26(5-2)10-11-30-18-9-7-6-8-17(18)25-22(28)15-12-16(23)21(19(13-15)29-3)31-14-20(24)27/h6-9,12-13H,4-5,10-11,14H2,1-3H3,(H2,24,27)(H,25,28). The molecular weight excluding hydrogens is 422 g/mol. The molecule has 0 saturated heterocycles. The van der Waals surface area contributed by atoms with Gasteiger partial charge in [0.1, 0.15) is 12.4 Å². The number of rotatable bonds is 12. The molecular formula is C22H28ClN3O5. The number of nitrogens with zero attached hydrogens (tertiary/aromatic N) is 1. The van der Waals surface area contributed by atoms with E-state index >= 15 is 0 Å². The number of primary amides is 1. The molecule has 9 heteroatoms. The van der Waals surface area contributed by atoms with Gasteiger partial charge in [-0.2, -0.15) is 0 Å². The van der Waals surface area contributed by atoms with Crippen molar-refractivity contribution >= 4 is 29.1 Å². The Morgan fingerprint density at radius 2 is 1.81 bits per heavy atom. The van der Waals surface area contributed by atoms with Crippen molar-refractivity contribution in [2.75, 3.05) is 45.3 Å². The van der Waals surface area contributed by atoms with Gasteiger partial charge in [0.05, 0.1) is 17.8 Å². The highest BCUT2D eigenvalue weighted by molar-refractivity contribution is 6.32. The van der Waals surface area contributed by atoms with Crippen LogP contribution in [-0.4, -0.2) is 56.7 Å². The number of nitrogens with two attached hydrogens (primary N) is 1.